The van der Waals surface area contributed by atoms with Crippen molar-refractivity contribution in [2.24, 2.45) is 0 Å². The van der Waals surface area contributed by atoms with Crippen LogP contribution in [0.1, 0.15) is 28.4 Å². The Labute approximate surface area is 130 Å². The van der Waals surface area contributed by atoms with Crippen LogP contribution < -0.4 is 10.1 Å². The number of rotatable bonds is 2. The van der Waals surface area contributed by atoms with E-state index in [0.717, 1.165) is 11.3 Å². The van der Waals surface area contributed by atoms with Crippen LogP contribution in [0.25, 0.3) is 0 Å². The molecule has 0 radical (unpaired) electrons. The number of hydrogen-bond donors (Lipinski definition) is 1. The molecule has 3 rings (SSSR count). The fourth-order valence-corrected chi connectivity index (χ4v) is 2.93. The monoisotopic (exact) mass is 349 g/mol. The van der Waals surface area contributed by atoms with Gasteiger partial charge in [-0.2, -0.15) is 0 Å². The highest BCUT2D eigenvalue weighted by molar-refractivity contribution is 9.10. The van der Waals surface area contributed by atoms with Crippen LogP contribution in [0.5, 0.6) is 5.75 Å². The van der Waals surface area contributed by atoms with Crippen molar-refractivity contribution in [3.63, 3.8) is 0 Å². The lowest BCUT2D eigenvalue weighted by Gasteiger charge is -2.26. The Morgan fingerprint density at radius 2 is 2.10 bits per heavy atom. The van der Waals surface area contributed by atoms with Crippen molar-refractivity contribution in [3.8, 4) is 5.75 Å². The van der Waals surface area contributed by atoms with Crippen LogP contribution in [-0.4, -0.2) is 12.5 Å². The molecule has 1 unspecified atom stereocenters. The van der Waals surface area contributed by atoms with Crippen molar-refractivity contribution >= 4 is 21.8 Å². The number of carbonyl (C=O) groups is 1. The van der Waals surface area contributed by atoms with Gasteiger partial charge in [0, 0.05) is 16.5 Å². The Bertz CT molecular complexity index is 690. The van der Waals surface area contributed by atoms with Crippen LogP contribution >= 0.6 is 15.9 Å². The highest BCUT2D eigenvalue weighted by Crippen LogP contribution is 2.32. The molecule has 1 heterocycles. The predicted octanol–water partition coefficient (Wildman–Crippen LogP) is 3.84. The van der Waals surface area contributed by atoms with Crippen LogP contribution in [-0.2, 0) is 0 Å². The van der Waals surface area contributed by atoms with E-state index < -0.39 is 0 Å². The molecule has 1 aliphatic heterocycles. The molecule has 21 heavy (non-hydrogen) atoms. The fourth-order valence-electron chi connectivity index (χ4n) is 2.40. The molecule has 0 saturated heterocycles. The Hall–Kier alpha value is -1.88. The Kier molecular flexibility index (Phi) is 3.92. The number of para-hydroxylation sites is 1. The second-order valence-corrected chi connectivity index (χ2v) is 5.68. The van der Waals surface area contributed by atoms with Crippen molar-refractivity contribution in [1.82, 2.24) is 5.32 Å². The number of amides is 1. The van der Waals surface area contributed by atoms with E-state index in [9.17, 15) is 9.18 Å². The molecule has 0 spiro atoms. The van der Waals surface area contributed by atoms with Gasteiger partial charge in [-0.25, -0.2) is 4.39 Å². The van der Waals surface area contributed by atoms with Gasteiger partial charge < -0.3 is 10.1 Å². The number of carbonyl (C=O) groups excluding carboxylic acids is 1. The van der Waals surface area contributed by atoms with E-state index in [-0.39, 0.29) is 17.8 Å². The lowest BCUT2D eigenvalue weighted by atomic mass is 10.00. The van der Waals surface area contributed by atoms with Crippen LogP contribution in [0.15, 0.2) is 46.9 Å². The van der Waals surface area contributed by atoms with E-state index in [1.54, 1.807) is 0 Å². The molecule has 0 saturated carbocycles. The highest BCUT2D eigenvalue weighted by atomic mass is 79.9. The Balaban J connectivity index is 1.83. The second kappa shape index (κ2) is 5.85. The molecule has 1 N–H and O–H groups in total. The third kappa shape index (κ3) is 2.93. The molecule has 5 heteroatoms. The molecule has 2 aromatic rings. The topological polar surface area (TPSA) is 38.3 Å². The van der Waals surface area contributed by atoms with Crippen molar-refractivity contribution in [2.75, 3.05) is 6.61 Å². The van der Waals surface area contributed by atoms with Crippen molar-refractivity contribution in [1.29, 1.82) is 0 Å². The molecule has 3 nitrogen and oxygen atoms in total. The van der Waals surface area contributed by atoms with Gasteiger partial charge in [0.15, 0.2) is 0 Å². The molecule has 108 valence electrons. The van der Waals surface area contributed by atoms with Gasteiger partial charge in [-0.05, 0) is 40.2 Å². The first-order valence-corrected chi connectivity index (χ1v) is 7.42. The van der Waals surface area contributed by atoms with Gasteiger partial charge >= 0.3 is 0 Å². The summed E-state index contributed by atoms with van der Waals surface area (Å²) in [6.45, 7) is 0.562. The molecule has 0 bridgehead atoms. The minimum absolute atomic E-state index is 0.0978. The minimum Gasteiger partial charge on any atom is -0.493 e. The molecular weight excluding hydrogens is 337 g/mol. The number of benzene rings is 2. The lowest BCUT2D eigenvalue weighted by Crippen LogP contribution is -2.32. The zero-order chi connectivity index (χ0) is 14.8. The largest absolute Gasteiger partial charge is 0.493 e. The number of ether oxygens (including phenoxy) is 1. The maximum atomic E-state index is 13.1. The summed E-state index contributed by atoms with van der Waals surface area (Å²) in [5.41, 5.74) is 1.38. The molecule has 1 atom stereocenters. The SMILES string of the molecule is O=C(NC1CCOc2ccccc21)c1ccc(F)cc1Br. The summed E-state index contributed by atoms with van der Waals surface area (Å²) in [6.07, 6.45) is 0.710. The van der Waals surface area contributed by atoms with Gasteiger partial charge in [0.05, 0.1) is 18.2 Å². The van der Waals surface area contributed by atoms with E-state index in [1.165, 1.54) is 18.2 Å². The van der Waals surface area contributed by atoms with Crippen molar-refractivity contribution < 1.29 is 13.9 Å². The summed E-state index contributed by atoms with van der Waals surface area (Å²) >= 11 is 3.22. The van der Waals surface area contributed by atoms with Crippen molar-refractivity contribution in [3.05, 3.63) is 63.9 Å². The third-order valence-corrected chi connectivity index (χ3v) is 4.10. The first-order chi connectivity index (χ1) is 10.1. The van der Waals surface area contributed by atoms with Gasteiger partial charge in [0.1, 0.15) is 11.6 Å². The molecule has 1 amide bonds. The molecule has 0 aromatic heterocycles. The van der Waals surface area contributed by atoms with Gasteiger partial charge in [0.25, 0.3) is 5.91 Å². The van der Waals surface area contributed by atoms with Crippen molar-refractivity contribution in [2.45, 2.75) is 12.5 Å². The third-order valence-electron chi connectivity index (χ3n) is 3.44. The first kappa shape index (κ1) is 14.1. The zero-order valence-electron chi connectivity index (χ0n) is 11.1. The maximum absolute atomic E-state index is 13.1. The predicted molar refractivity (Wildman–Crippen MR) is 80.9 cm³/mol. The van der Waals surface area contributed by atoms with E-state index in [2.05, 4.69) is 21.2 Å². The minimum atomic E-state index is -0.380. The summed E-state index contributed by atoms with van der Waals surface area (Å²) in [5.74, 6) is 0.186. The first-order valence-electron chi connectivity index (χ1n) is 6.63. The summed E-state index contributed by atoms with van der Waals surface area (Å²) in [7, 11) is 0. The molecular formula is C16H13BrFNO2. The number of nitrogens with one attached hydrogen (secondary N) is 1. The van der Waals surface area contributed by atoms with E-state index >= 15 is 0 Å². The van der Waals surface area contributed by atoms with E-state index in [0.29, 0.717) is 23.1 Å². The van der Waals surface area contributed by atoms with Crippen LogP contribution in [0, 0.1) is 5.82 Å². The summed E-state index contributed by atoms with van der Waals surface area (Å²) in [5, 5.41) is 2.98. The van der Waals surface area contributed by atoms with Gasteiger partial charge in [-0.1, -0.05) is 18.2 Å². The normalized spacial score (nSPS) is 16.8. The quantitative estimate of drug-likeness (QED) is 0.894. The fraction of sp³-hybridized carbons (Fsp3) is 0.188. The number of halogens is 2. The van der Waals surface area contributed by atoms with Gasteiger partial charge in [-0.15, -0.1) is 0 Å². The van der Waals surface area contributed by atoms with E-state index in [1.807, 2.05) is 24.3 Å². The van der Waals surface area contributed by atoms with Crippen LogP contribution in [0.2, 0.25) is 0 Å². The molecule has 0 aliphatic carbocycles. The summed E-state index contributed by atoms with van der Waals surface area (Å²) in [4.78, 5) is 12.4. The van der Waals surface area contributed by atoms with Gasteiger partial charge in [0.2, 0.25) is 0 Å². The van der Waals surface area contributed by atoms with Gasteiger partial charge in [-0.3, -0.25) is 4.79 Å². The molecule has 2 aromatic carbocycles. The number of fused-ring (bicyclic) bond motifs is 1. The Morgan fingerprint density at radius 3 is 2.90 bits per heavy atom. The average molecular weight is 350 g/mol. The van der Waals surface area contributed by atoms with Crippen LogP contribution in [0.4, 0.5) is 4.39 Å². The van der Waals surface area contributed by atoms with Crippen LogP contribution in [0.3, 0.4) is 0 Å². The maximum Gasteiger partial charge on any atom is 0.252 e. The summed E-state index contributed by atoms with van der Waals surface area (Å²) in [6, 6.07) is 11.6. The molecule has 1 aliphatic rings. The molecule has 0 fully saturated rings. The smallest absolute Gasteiger partial charge is 0.252 e. The highest BCUT2D eigenvalue weighted by Gasteiger charge is 2.23. The summed E-state index contributed by atoms with van der Waals surface area (Å²) < 4.78 is 19.1. The second-order valence-electron chi connectivity index (χ2n) is 4.83. The Morgan fingerprint density at radius 1 is 1.29 bits per heavy atom. The standard InChI is InChI=1S/C16H13BrFNO2/c17-13-9-10(18)5-6-11(13)16(20)19-14-7-8-21-15-4-2-1-3-12(14)15/h1-6,9,14H,7-8H2,(H,19,20). The van der Waals surface area contributed by atoms with E-state index in [4.69, 9.17) is 4.74 Å². The number of hydrogen-bond acceptors (Lipinski definition) is 2. The zero-order valence-corrected chi connectivity index (χ0v) is 12.7. The average Bonchev–Trinajstić information content (AvgIpc) is 2.47. The lowest BCUT2D eigenvalue weighted by molar-refractivity contribution is 0.0924.